The van der Waals surface area contributed by atoms with Crippen molar-refractivity contribution in [3.05, 3.63) is 34.9 Å². The number of carbonyl (C=O) groups is 1. The average Bonchev–Trinajstić information content (AvgIpc) is 3.04. The number of ether oxygens (including phenoxy) is 1. The van der Waals surface area contributed by atoms with Gasteiger partial charge in [-0.05, 0) is 18.6 Å². The molecule has 7 nitrogen and oxygen atoms in total. The van der Waals surface area contributed by atoms with E-state index in [0.29, 0.717) is 12.5 Å². The molecule has 8 heteroatoms. The molecule has 0 bridgehead atoms. The summed E-state index contributed by atoms with van der Waals surface area (Å²) in [4.78, 5) is 29.2. The van der Waals surface area contributed by atoms with Crippen LogP contribution in [-0.2, 0) is 4.79 Å². The predicted octanol–water partition coefficient (Wildman–Crippen LogP) is 2.48. The summed E-state index contributed by atoms with van der Waals surface area (Å²) >= 11 is 1.75. The topological polar surface area (TPSA) is 74.3 Å². The van der Waals surface area contributed by atoms with E-state index in [-0.39, 0.29) is 5.41 Å². The van der Waals surface area contributed by atoms with Crippen molar-refractivity contribution in [2.45, 2.75) is 12.3 Å². The van der Waals surface area contributed by atoms with E-state index < -0.39 is 0 Å². The highest BCUT2D eigenvalue weighted by molar-refractivity contribution is 7.10. The number of hydrogen-bond acceptors (Lipinski definition) is 6. The van der Waals surface area contributed by atoms with Gasteiger partial charge in [-0.1, -0.05) is 0 Å². The fourth-order valence-corrected chi connectivity index (χ4v) is 5.45. The molecular weight excluding hydrogens is 362 g/mol. The molecule has 1 saturated heterocycles. The highest BCUT2D eigenvalue weighted by Crippen LogP contribution is 2.62. The molecule has 140 valence electrons. The van der Waals surface area contributed by atoms with Crippen molar-refractivity contribution in [3.63, 3.8) is 0 Å². The molecule has 0 aromatic carbocycles. The highest BCUT2D eigenvalue weighted by atomic mass is 32.1. The molecule has 1 amide bonds. The minimum atomic E-state index is 0.0703. The van der Waals surface area contributed by atoms with Crippen LogP contribution in [0.4, 0.5) is 5.82 Å². The van der Waals surface area contributed by atoms with Gasteiger partial charge in [0, 0.05) is 54.0 Å². The number of fused-ring (bicyclic) bond motifs is 1. The molecule has 2 fully saturated rings. The number of aromatic amines is 1. The first-order valence-corrected chi connectivity index (χ1v) is 9.95. The number of nitrogens with zero attached hydrogens (tertiary/aromatic N) is 4. The van der Waals surface area contributed by atoms with Crippen molar-refractivity contribution in [2.75, 3.05) is 38.2 Å². The van der Waals surface area contributed by atoms with Gasteiger partial charge in [-0.25, -0.2) is 9.97 Å². The summed E-state index contributed by atoms with van der Waals surface area (Å²) in [7, 11) is 1.70. The molecule has 2 aliphatic rings. The monoisotopic (exact) mass is 383 g/mol. The summed E-state index contributed by atoms with van der Waals surface area (Å²) in [5.41, 5.74) is 0.918. The standard InChI is InChI=1S/C19H21N5O2S/c1-26-13-6-16(27-8-13)15-7-19(15)9-23(12-25)4-5-24(10-19)18-14-2-3-20-17(14)21-11-22-18/h2-3,6,8,11-12,15H,4-5,7,9-10H2,1H3,(H,20,21,22). The maximum Gasteiger partial charge on any atom is 0.209 e. The highest BCUT2D eigenvalue weighted by Gasteiger charge is 2.57. The van der Waals surface area contributed by atoms with Crippen LogP contribution in [0.25, 0.3) is 11.0 Å². The SMILES string of the molecule is COc1csc(C2CC23CN(C=O)CCN(c2ncnc4[nH]ccc24)C3)c1. The lowest BCUT2D eigenvalue weighted by atomic mass is 10.0. The second-order valence-electron chi connectivity index (χ2n) is 7.44. The minimum absolute atomic E-state index is 0.0703. The lowest BCUT2D eigenvalue weighted by molar-refractivity contribution is -0.118. The Morgan fingerprint density at radius 2 is 2.30 bits per heavy atom. The summed E-state index contributed by atoms with van der Waals surface area (Å²) in [6.07, 6.45) is 5.57. The van der Waals surface area contributed by atoms with Crippen LogP contribution in [0.2, 0.25) is 0 Å². The van der Waals surface area contributed by atoms with Gasteiger partial charge in [0.25, 0.3) is 0 Å². The largest absolute Gasteiger partial charge is 0.496 e. The molecule has 1 aliphatic heterocycles. The zero-order valence-electron chi connectivity index (χ0n) is 15.1. The van der Waals surface area contributed by atoms with Crippen molar-refractivity contribution in [1.29, 1.82) is 0 Å². The molecule has 1 N–H and O–H groups in total. The molecule has 4 heterocycles. The zero-order valence-corrected chi connectivity index (χ0v) is 15.9. The summed E-state index contributed by atoms with van der Waals surface area (Å²) in [5, 5.41) is 3.09. The van der Waals surface area contributed by atoms with Gasteiger partial charge in [0.15, 0.2) is 0 Å². The molecule has 1 aliphatic carbocycles. The van der Waals surface area contributed by atoms with E-state index >= 15 is 0 Å². The summed E-state index contributed by atoms with van der Waals surface area (Å²) < 4.78 is 5.36. The van der Waals surface area contributed by atoms with E-state index in [1.165, 1.54) is 4.88 Å². The number of aromatic nitrogens is 3. The molecular formula is C19H21N5O2S. The quantitative estimate of drug-likeness (QED) is 0.701. The van der Waals surface area contributed by atoms with Crippen molar-refractivity contribution >= 4 is 34.6 Å². The lowest BCUT2D eigenvalue weighted by Crippen LogP contribution is -2.32. The molecule has 3 aromatic heterocycles. The van der Waals surface area contributed by atoms with Gasteiger partial charge in [0.2, 0.25) is 6.41 Å². The van der Waals surface area contributed by atoms with Gasteiger partial charge in [-0.15, -0.1) is 11.3 Å². The molecule has 5 rings (SSSR count). The Hall–Kier alpha value is -2.61. The maximum atomic E-state index is 11.6. The number of carbonyl (C=O) groups excluding carboxylic acids is 1. The summed E-state index contributed by atoms with van der Waals surface area (Å²) in [6, 6.07) is 4.16. The van der Waals surface area contributed by atoms with E-state index in [1.54, 1.807) is 24.8 Å². The number of anilines is 1. The maximum absolute atomic E-state index is 11.6. The van der Waals surface area contributed by atoms with Gasteiger partial charge in [0.1, 0.15) is 23.5 Å². The Bertz CT molecular complexity index is 985. The number of methoxy groups -OCH3 is 1. The van der Waals surface area contributed by atoms with Gasteiger partial charge >= 0.3 is 0 Å². The zero-order chi connectivity index (χ0) is 18.4. The van der Waals surface area contributed by atoms with Gasteiger partial charge < -0.3 is 19.5 Å². The average molecular weight is 383 g/mol. The number of thiophene rings is 1. The van der Waals surface area contributed by atoms with Crippen LogP contribution < -0.4 is 9.64 Å². The van der Waals surface area contributed by atoms with E-state index in [2.05, 4.69) is 31.3 Å². The fraction of sp³-hybridized carbons (Fsp3) is 0.421. The van der Waals surface area contributed by atoms with Crippen LogP contribution in [0.5, 0.6) is 5.75 Å². The molecule has 2 atom stereocenters. The van der Waals surface area contributed by atoms with E-state index in [1.807, 2.05) is 17.2 Å². The number of H-pyrrole nitrogens is 1. The smallest absolute Gasteiger partial charge is 0.209 e. The van der Waals surface area contributed by atoms with Crippen molar-refractivity contribution in [1.82, 2.24) is 19.9 Å². The van der Waals surface area contributed by atoms with Gasteiger partial charge in [0.05, 0.1) is 12.5 Å². The molecule has 0 radical (unpaired) electrons. The number of rotatable bonds is 4. The third kappa shape index (κ3) is 2.75. The van der Waals surface area contributed by atoms with Crippen LogP contribution in [-0.4, -0.2) is 59.6 Å². The van der Waals surface area contributed by atoms with E-state index in [9.17, 15) is 4.79 Å². The predicted molar refractivity (Wildman–Crippen MR) is 104 cm³/mol. The molecule has 27 heavy (non-hydrogen) atoms. The molecule has 3 aromatic rings. The minimum Gasteiger partial charge on any atom is -0.496 e. The van der Waals surface area contributed by atoms with Crippen molar-refractivity contribution in [2.24, 2.45) is 5.41 Å². The Morgan fingerprint density at radius 1 is 1.37 bits per heavy atom. The second-order valence-corrected chi connectivity index (χ2v) is 8.39. The van der Waals surface area contributed by atoms with Gasteiger partial charge in [-0.3, -0.25) is 4.79 Å². The van der Waals surface area contributed by atoms with Crippen LogP contribution in [0.15, 0.2) is 30.0 Å². The van der Waals surface area contributed by atoms with Crippen LogP contribution in [0, 0.1) is 5.41 Å². The van der Waals surface area contributed by atoms with Crippen LogP contribution in [0.1, 0.15) is 17.2 Å². The normalized spacial score (nSPS) is 25.0. The van der Waals surface area contributed by atoms with Crippen LogP contribution in [0.3, 0.4) is 0 Å². The number of hydrogen-bond donors (Lipinski definition) is 1. The third-order valence-corrected chi connectivity index (χ3v) is 6.85. The first-order valence-electron chi connectivity index (χ1n) is 9.07. The Kier molecular flexibility index (Phi) is 3.82. The van der Waals surface area contributed by atoms with E-state index in [0.717, 1.165) is 55.1 Å². The first kappa shape index (κ1) is 16.6. The second kappa shape index (κ2) is 6.23. The first-order chi connectivity index (χ1) is 13.2. The number of nitrogens with one attached hydrogen (secondary N) is 1. The van der Waals surface area contributed by atoms with Gasteiger partial charge in [-0.2, -0.15) is 0 Å². The van der Waals surface area contributed by atoms with E-state index in [4.69, 9.17) is 4.74 Å². The van der Waals surface area contributed by atoms with Crippen LogP contribution >= 0.6 is 11.3 Å². The lowest BCUT2D eigenvalue weighted by Gasteiger charge is -2.26. The fourth-order valence-electron chi connectivity index (χ4n) is 4.35. The van der Waals surface area contributed by atoms with Crippen molar-refractivity contribution in [3.8, 4) is 5.75 Å². The summed E-state index contributed by atoms with van der Waals surface area (Å²) in [5.74, 6) is 2.32. The Labute approximate surface area is 161 Å². The Morgan fingerprint density at radius 3 is 3.11 bits per heavy atom. The number of amides is 1. The molecule has 1 saturated carbocycles. The van der Waals surface area contributed by atoms with Crippen molar-refractivity contribution < 1.29 is 9.53 Å². The molecule has 2 unspecified atom stereocenters. The summed E-state index contributed by atoms with van der Waals surface area (Å²) in [6.45, 7) is 3.17. The third-order valence-electron chi connectivity index (χ3n) is 5.83. The Balaban J connectivity index is 1.48. The molecule has 1 spiro atoms.